The molecule has 154 valence electrons. The summed E-state index contributed by atoms with van der Waals surface area (Å²) in [6, 6.07) is 3.54. The highest BCUT2D eigenvalue weighted by atomic mass is 32.1. The van der Waals surface area contributed by atoms with Crippen LogP contribution < -0.4 is 0 Å². The number of piperidine rings is 1. The molecule has 4 aromatic heterocycles. The Morgan fingerprint density at radius 3 is 2.73 bits per heavy atom. The highest BCUT2D eigenvalue weighted by Crippen LogP contribution is 2.35. The number of alkyl halides is 2. The number of halogens is 2. The number of fused-ring (bicyclic) bond motifs is 1. The number of amides is 1. The molecule has 0 spiro atoms. The molecule has 1 amide bonds. The largest absolute Gasteiger partial charge is 0.440 e. The number of oxazole rings is 1. The third kappa shape index (κ3) is 3.24. The molecule has 1 aliphatic heterocycles. The highest BCUT2D eigenvalue weighted by Gasteiger charge is 2.36. The summed E-state index contributed by atoms with van der Waals surface area (Å²) in [4.78, 5) is 28.5. The molecule has 1 fully saturated rings. The van der Waals surface area contributed by atoms with Gasteiger partial charge in [-0.15, -0.1) is 11.3 Å². The Bertz CT molecular complexity index is 1220. The van der Waals surface area contributed by atoms with Crippen molar-refractivity contribution < 1.29 is 18.0 Å². The lowest BCUT2D eigenvalue weighted by molar-refractivity contribution is -0.0493. The zero-order valence-corrected chi connectivity index (χ0v) is 16.7. The molecule has 5 rings (SSSR count). The van der Waals surface area contributed by atoms with Crippen molar-refractivity contribution in [3.05, 3.63) is 35.8 Å². The number of carbonyl (C=O) groups is 1. The monoisotopic (exact) mass is 430 g/mol. The van der Waals surface area contributed by atoms with Crippen LogP contribution in [0.4, 0.5) is 8.78 Å². The Morgan fingerprint density at radius 1 is 1.27 bits per heavy atom. The van der Waals surface area contributed by atoms with Gasteiger partial charge in [0.05, 0.1) is 16.8 Å². The topological polar surface area (TPSA) is 89.9 Å². The van der Waals surface area contributed by atoms with Crippen molar-refractivity contribution in [3.63, 3.8) is 0 Å². The van der Waals surface area contributed by atoms with Crippen LogP contribution in [0.1, 0.15) is 22.5 Å². The van der Waals surface area contributed by atoms with Gasteiger partial charge in [-0.25, -0.2) is 23.7 Å². The molecule has 0 unspecified atom stereocenters. The smallest absolute Gasteiger partial charge is 0.264 e. The van der Waals surface area contributed by atoms with Gasteiger partial charge in [0, 0.05) is 44.6 Å². The number of aryl methyl sites for hydroxylation is 1. The molecule has 0 N–H and O–H groups in total. The number of nitrogens with zero attached hydrogens (tertiary/aromatic N) is 6. The molecule has 0 radical (unpaired) electrons. The second kappa shape index (κ2) is 6.94. The van der Waals surface area contributed by atoms with E-state index in [-0.39, 0.29) is 31.8 Å². The summed E-state index contributed by atoms with van der Waals surface area (Å²) in [7, 11) is 1.80. The van der Waals surface area contributed by atoms with Gasteiger partial charge < -0.3 is 9.32 Å². The van der Waals surface area contributed by atoms with Crippen LogP contribution in [0.3, 0.4) is 0 Å². The van der Waals surface area contributed by atoms with E-state index < -0.39 is 5.92 Å². The summed E-state index contributed by atoms with van der Waals surface area (Å²) in [5.74, 6) is -2.23. The maximum atomic E-state index is 13.5. The third-order valence-electron chi connectivity index (χ3n) is 5.10. The van der Waals surface area contributed by atoms with Crippen LogP contribution in [0.5, 0.6) is 0 Å². The summed E-state index contributed by atoms with van der Waals surface area (Å²) in [5.41, 5.74) is 1.35. The molecule has 5 heterocycles. The molecular formula is C19H16F2N6O2S. The minimum atomic E-state index is -2.71. The molecule has 0 bridgehead atoms. The summed E-state index contributed by atoms with van der Waals surface area (Å²) in [6.45, 7) is 0.0628. The van der Waals surface area contributed by atoms with E-state index in [0.29, 0.717) is 32.4 Å². The Labute approximate surface area is 173 Å². The molecule has 0 saturated carbocycles. The first kappa shape index (κ1) is 18.8. The fourth-order valence-electron chi connectivity index (χ4n) is 3.46. The van der Waals surface area contributed by atoms with Crippen molar-refractivity contribution in [2.24, 2.45) is 7.05 Å². The van der Waals surface area contributed by atoms with E-state index in [1.165, 1.54) is 28.8 Å². The van der Waals surface area contributed by atoms with Crippen molar-refractivity contribution in [2.75, 3.05) is 13.1 Å². The SMILES string of the molecule is Cn1nccc1-c1nc(-c2cnco2)nc2sc(C(=O)N3CCC(F)(F)CC3)cc12. The van der Waals surface area contributed by atoms with Crippen LogP contribution in [0.15, 0.2) is 35.3 Å². The Kier molecular flexibility index (Phi) is 4.35. The van der Waals surface area contributed by atoms with E-state index in [1.807, 2.05) is 6.07 Å². The van der Waals surface area contributed by atoms with Crippen molar-refractivity contribution in [3.8, 4) is 23.0 Å². The molecule has 0 atom stereocenters. The predicted molar refractivity (Wildman–Crippen MR) is 105 cm³/mol. The van der Waals surface area contributed by atoms with Crippen LogP contribution in [-0.4, -0.2) is 54.6 Å². The van der Waals surface area contributed by atoms with Gasteiger partial charge in [-0.05, 0) is 12.1 Å². The molecule has 11 heteroatoms. The molecule has 1 saturated heterocycles. The average molecular weight is 430 g/mol. The van der Waals surface area contributed by atoms with Gasteiger partial charge in [-0.2, -0.15) is 5.10 Å². The standard InChI is InChI=1S/C19H16F2N6O2S/c1-26-12(2-5-23-26)15-11-8-14(18(28)27-6-3-19(20,21)4-7-27)30-17(11)25-16(24-15)13-9-22-10-29-13/h2,5,8-10H,3-4,6-7H2,1H3. The fraction of sp³-hybridized carbons (Fsp3) is 0.316. The van der Waals surface area contributed by atoms with E-state index >= 15 is 0 Å². The zero-order valence-electron chi connectivity index (χ0n) is 15.9. The summed E-state index contributed by atoms with van der Waals surface area (Å²) in [6.07, 6.45) is 3.83. The Morgan fingerprint density at radius 2 is 2.07 bits per heavy atom. The Hall–Kier alpha value is -3.21. The lowest BCUT2D eigenvalue weighted by Gasteiger charge is -2.31. The maximum Gasteiger partial charge on any atom is 0.264 e. The van der Waals surface area contributed by atoms with Gasteiger partial charge in [-0.3, -0.25) is 9.48 Å². The fourth-order valence-corrected chi connectivity index (χ4v) is 4.46. The molecule has 8 nitrogen and oxygen atoms in total. The first-order chi connectivity index (χ1) is 14.4. The third-order valence-corrected chi connectivity index (χ3v) is 6.12. The minimum Gasteiger partial charge on any atom is -0.440 e. The summed E-state index contributed by atoms with van der Waals surface area (Å²) < 4.78 is 33.9. The molecule has 4 aromatic rings. The van der Waals surface area contributed by atoms with Crippen LogP contribution in [0.2, 0.25) is 0 Å². The number of likely N-dealkylation sites (tertiary alicyclic amines) is 1. The molecule has 1 aliphatic rings. The average Bonchev–Trinajstić information content (AvgIpc) is 3.47. The van der Waals surface area contributed by atoms with Crippen LogP contribution in [-0.2, 0) is 7.05 Å². The van der Waals surface area contributed by atoms with Crippen molar-refractivity contribution in [1.29, 1.82) is 0 Å². The number of rotatable bonds is 3. The minimum absolute atomic E-state index is 0.0314. The molecule has 30 heavy (non-hydrogen) atoms. The number of carbonyl (C=O) groups excluding carboxylic acids is 1. The normalized spacial score (nSPS) is 16.3. The van der Waals surface area contributed by atoms with E-state index in [4.69, 9.17) is 4.42 Å². The second-order valence-electron chi connectivity index (χ2n) is 7.08. The zero-order chi connectivity index (χ0) is 20.9. The van der Waals surface area contributed by atoms with E-state index in [9.17, 15) is 13.6 Å². The molecule has 0 aromatic carbocycles. The van der Waals surface area contributed by atoms with Gasteiger partial charge >= 0.3 is 0 Å². The van der Waals surface area contributed by atoms with Crippen molar-refractivity contribution in [2.45, 2.75) is 18.8 Å². The summed E-state index contributed by atoms with van der Waals surface area (Å²) >= 11 is 1.21. The molecule has 0 aliphatic carbocycles. The van der Waals surface area contributed by atoms with Crippen molar-refractivity contribution >= 4 is 27.5 Å². The number of thiophene rings is 1. The van der Waals surface area contributed by atoms with Crippen LogP contribution in [0.25, 0.3) is 33.2 Å². The van der Waals surface area contributed by atoms with Crippen LogP contribution >= 0.6 is 11.3 Å². The number of aromatic nitrogens is 5. The summed E-state index contributed by atoms with van der Waals surface area (Å²) in [5, 5.41) is 4.89. The van der Waals surface area contributed by atoms with Crippen molar-refractivity contribution in [1.82, 2.24) is 29.6 Å². The number of hydrogen-bond acceptors (Lipinski definition) is 7. The van der Waals surface area contributed by atoms with Gasteiger partial charge in [-0.1, -0.05) is 0 Å². The second-order valence-corrected chi connectivity index (χ2v) is 8.11. The predicted octanol–water partition coefficient (Wildman–Crippen LogP) is 3.62. The highest BCUT2D eigenvalue weighted by molar-refractivity contribution is 7.20. The molecular weight excluding hydrogens is 414 g/mol. The van der Waals surface area contributed by atoms with Gasteiger partial charge in [0.15, 0.2) is 18.0 Å². The van der Waals surface area contributed by atoms with Gasteiger partial charge in [0.2, 0.25) is 0 Å². The Balaban J connectivity index is 1.59. The number of hydrogen-bond donors (Lipinski definition) is 0. The van der Waals surface area contributed by atoms with E-state index in [2.05, 4.69) is 20.1 Å². The van der Waals surface area contributed by atoms with Gasteiger partial charge in [0.25, 0.3) is 11.8 Å². The lowest BCUT2D eigenvalue weighted by Crippen LogP contribution is -2.42. The van der Waals surface area contributed by atoms with Gasteiger partial charge in [0.1, 0.15) is 10.5 Å². The first-order valence-corrected chi connectivity index (χ1v) is 10.1. The quantitative estimate of drug-likeness (QED) is 0.493. The lowest BCUT2D eigenvalue weighted by atomic mass is 10.1. The maximum absolute atomic E-state index is 13.5. The van der Waals surface area contributed by atoms with E-state index in [1.54, 1.807) is 24.0 Å². The van der Waals surface area contributed by atoms with E-state index in [0.717, 1.165) is 5.69 Å². The first-order valence-electron chi connectivity index (χ1n) is 9.27. The van der Waals surface area contributed by atoms with Crippen LogP contribution in [0, 0.1) is 0 Å².